The van der Waals surface area contributed by atoms with Crippen LogP contribution >= 0.6 is 0 Å². The van der Waals surface area contributed by atoms with E-state index in [1.54, 1.807) is 38.1 Å². The molecular weight excluding hydrogens is 252 g/mol. The molecular formula is C12H18N2O3S. The van der Waals surface area contributed by atoms with Crippen molar-refractivity contribution in [1.82, 2.24) is 0 Å². The van der Waals surface area contributed by atoms with Crippen molar-refractivity contribution in [2.24, 2.45) is 5.92 Å². The molecule has 0 saturated carbocycles. The highest BCUT2D eigenvalue weighted by molar-refractivity contribution is 7.92. The summed E-state index contributed by atoms with van der Waals surface area (Å²) in [6.07, 6.45) is 1.14. The van der Waals surface area contributed by atoms with Crippen LogP contribution in [0.25, 0.3) is 0 Å². The van der Waals surface area contributed by atoms with Crippen LogP contribution in [-0.2, 0) is 14.8 Å². The number of nitrogens with zero attached hydrogens (tertiary/aromatic N) is 1. The number of carbonyl (C=O) groups is 1. The molecule has 0 spiro atoms. The molecule has 0 aliphatic carbocycles. The Morgan fingerprint density at radius 1 is 1.22 bits per heavy atom. The van der Waals surface area contributed by atoms with E-state index in [1.165, 1.54) is 11.4 Å². The Morgan fingerprint density at radius 2 is 1.72 bits per heavy atom. The van der Waals surface area contributed by atoms with E-state index in [1.807, 2.05) is 0 Å². The van der Waals surface area contributed by atoms with Gasteiger partial charge in [-0.15, -0.1) is 0 Å². The van der Waals surface area contributed by atoms with Crippen LogP contribution in [0, 0.1) is 5.92 Å². The van der Waals surface area contributed by atoms with Gasteiger partial charge in [-0.25, -0.2) is 8.42 Å². The van der Waals surface area contributed by atoms with Crippen molar-refractivity contribution >= 4 is 27.3 Å². The highest BCUT2D eigenvalue weighted by Gasteiger charge is 2.12. The van der Waals surface area contributed by atoms with E-state index >= 15 is 0 Å². The summed E-state index contributed by atoms with van der Waals surface area (Å²) in [6.45, 7) is 3.61. The average Bonchev–Trinajstić information content (AvgIpc) is 2.27. The van der Waals surface area contributed by atoms with E-state index in [0.717, 1.165) is 6.26 Å². The summed E-state index contributed by atoms with van der Waals surface area (Å²) < 4.78 is 23.9. The van der Waals surface area contributed by atoms with Crippen molar-refractivity contribution in [2.45, 2.75) is 13.8 Å². The first kappa shape index (κ1) is 14.5. The van der Waals surface area contributed by atoms with Crippen LogP contribution in [0.15, 0.2) is 24.3 Å². The monoisotopic (exact) mass is 270 g/mol. The molecule has 0 atom stereocenters. The fraction of sp³-hybridized carbons (Fsp3) is 0.417. The van der Waals surface area contributed by atoms with Gasteiger partial charge >= 0.3 is 0 Å². The molecule has 0 unspecified atom stereocenters. The minimum Gasteiger partial charge on any atom is -0.326 e. The molecule has 100 valence electrons. The van der Waals surface area contributed by atoms with Gasteiger partial charge in [-0.05, 0) is 24.3 Å². The molecule has 0 aliphatic rings. The third-order valence-electron chi connectivity index (χ3n) is 2.52. The number of amides is 1. The average molecular weight is 270 g/mol. The van der Waals surface area contributed by atoms with Gasteiger partial charge in [0.2, 0.25) is 15.9 Å². The van der Waals surface area contributed by atoms with E-state index in [2.05, 4.69) is 5.32 Å². The second kappa shape index (κ2) is 5.39. The predicted octanol–water partition coefficient (Wildman–Crippen LogP) is 1.68. The summed E-state index contributed by atoms with van der Waals surface area (Å²) in [5.74, 6) is -0.164. The minimum absolute atomic E-state index is 0.0702. The van der Waals surface area contributed by atoms with E-state index in [-0.39, 0.29) is 11.8 Å². The molecule has 18 heavy (non-hydrogen) atoms. The lowest BCUT2D eigenvalue weighted by Crippen LogP contribution is -2.24. The number of hydrogen-bond acceptors (Lipinski definition) is 3. The summed E-state index contributed by atoms with van der Waals surface area (Å²) in [7, 11) is -1.78. The lowest BCUT2D eigenvalue weighted by molar-refractivity contribution is -0.118. The van der Waals surface area contributed by atoms with Crippen LogP contribution in [-0.4, -0.2) is 27.6 Å². The number of benzene rings is 1. The van der Waals surface area contributed by atoms with Crippen LogP contribution in [0.2, 0.25) is 0 Å². The molecule has 0 bridgehead atoms. The third-order valence-corrected chi connectivity index (χ3v) is 3.73. The maximum Gasteiger partial charge on any atom is 0.231 e. The Kier molecular flexibility index (Phi) is 4.34. The van der Waals surface area contributed by atoms with Crippen molar-refractivity contribution in [3.05, 3.63) is 24.3 Å². The first-order valence-electron chi connectivity index (χ1n) is 5.56. The number of hydrogen-bond donors (Lipinski definition) is 1. The van der Waals surface area contributed by atoms with E-state index in [4.69, 9.17) is 0 Å². The highest BCUT2D eigenvalue weighted by atomic mass is 32.2. The van der Waals surface area contributed by atoms with Gasteiger partial charge in [-0.2, -0.15) is 0 Å². The lowest BCUT2D eigenvalue weighted by atomic mass is 10.2. The van der Waals surface area contributed by atoms with Crippen LogP contribution < -0.4 is 9.62 Å². The first-order chi connectivity index (χ1) is 8.21. The maximum absolute atomic E-state index is 11.5. The maximum atomic E-state index is 11.5. The van der Waals surface area contributed by atoms with Gasteiger partial charge in [0.25, 0.3) is 0 Å². The second-order valence-corrected chi connectivity index (χ2v) is 6.44. The molecule has 0 aromatic heterocycles. The topological polar surface area (TPSA) is 66.5 Å². The van der Waals surface area contributed by atoms with E-state index < -0.39 is 10.0 Å². The number of carbonyl (C=O) groups excluding carboxylic acids is 1. The molecule has 1 amide bonds. The SMILES string of the molecule is CC(C)C(=O)Nc1ccc(N(C)S(C)(=O)=O)cc1. The highest BCUT2D eigenvalue weighted by Crippen LogP contribution is 2.19. The molecule has 0 heterocycles. The van der Waals surface area contributed by atoms with Crippen LogP contribution in [0.1, 0.15) is 13.8 Å². The number of sulfonamides is 1. The summed E-state index contributed by atoms with van der Waals surface area (Å²) in [6, 6.07) is 6.66. The summed E-state index contributed by atoms with van der Waals surface area (Å²) in [4.78, 5) is 11.5. The van der Waals surface area contributed by atoms with Gasteiger partial charge in [0.15, 0.2) is 0 Å². The fourth-order valence-electron chi connectivity index (χ4n) is 1.23. The Balaban J connectivity index is 2.84. The molecule has 0 radical (unpaired) electrons. The number of nitrogens with one attached hydrogen (secondary N) is 1. The van der Waals surface area contributed by atoms with Gasteiger partial charge in [0, 0.05) is 18.7 Å². The van der Waals surface area contributed by atoms with E-state index in [9.17, 15) is 13.2 Å². The van der Waals surface area contributed by atoms with Crippen molar-refractivity contribution < 1.29 is 13.2 Å². The molecule has 5 nitrogen and oxygen atoms in total. The molecule has 0 aliphatic heterocycles. The predicted molar refractivity (Wildman–Crippen MR) is 73.2 cm³/mol. The van der Waals surface area contributed by atoms with Gasteiger partial charge < -0.3 is 5.32 Å². The molecule has 1 N–H and O–H groups in total. The molecule has 0 fully saturated rings. The quantitative estimate of drug-likeness (QED) is 0.905. The third kappa shape index (κ3) is 3.73. The first-order valence-corrected chi connectivity index (χ1v) is 7.41. The normalized spacial score (nSPS) is 11.4. The summed E-state index contributed by atoms with van der Waals surface area (Å²) >= 11 is 0. The zero-order valence-electron chi connectivity index (χ0n) is 11.0. The van der Waals surface area contributed by atoms with Gasteiger partial charge in [0.1, 0.15) is 0 Å². The number of anilines is 2. The van der Waals surface area contributed by atoms with Gasteiger partial charge in [-0.3, -0.25) is 9.10 Å². The Bertz CT molecular complexity index is 521. The fourth-order valence-corrected chi connectivity index (χ4v) is 1.74. The van der Waals surface area contributed by atoms with Crippen LogP contribution in [0.5, 0.6) is 0 Å². The Hall–Kier alpha value is -1.56. The minimum atomic E-state index is -3.26. The number of rotatable bonds is 4. The zero-order chi connectivity index (χ0) is 13.9. The van der Waals surface area contributed by atoms with Crippen molar-refractivity contribution in [3.8, 4) is 0 Å². The molecule has 1 aromatic rings. The molecule has 1 aromatic carbocycles. The molecule has 0 saturated heterocycles. The largest absolute Gasteiger partial charge is 0.326 e. The van der Waals surface area contributed by atoms with E-state index in [0.29, 0.717) is 11.4 Å². The van der Waals surface area contributed by atoms with Crippen LogP contribution in [0.3, 0.4) is 0 Å². The lowest BCUT2D eigenvalue weighted by Gasteiger charge is -2.17. The van der Waals surface area contributed by atoms with Crippen molar-refractivity contribution in [2.75, 3.05) is 22.9 Å². The standard InChI is InChI=1S/C12H18N2O3S/c1-9(2)12(15)13-10-5-7-11(8-6-10)14(3)18(4,16)17/h5-9H,1-4H3,(H,13,15). The van der Waals surface area contributed by atoms with Crippen molar-refractivity contribution in [3.63, 3.8) is 0 Å². The summed E-state index contributed by atoms with van der Waals surface area (Å²) in [5, 5.41) is 2.74. The van der Waals surface area contributed by atoms with Gasteiger partial charge in [0.05, 0.1) is 11.9 Å². The summed E-state index contributed by atoms with van der Waals surface area (Å²) in [5.41, 5.74) is 1.21. The van der Waals surface area contributed by atoms with Gasteiger partial charge in [-0.1, -0.05) is 13.8 Å². The molecule has 6 heteroatoms. The van der Waals surface area contributed by atoms with Crippen molar-refractivity contribution in [1.29, 1.82) is 0 Å². The van der Waals surface area contributed by atoms with Crippen LogP contribution in [0.4, 0.5) is 11.4 Å². The smallest absolute Gasteiger partial charge is 0.231 e. The molecule has 1 rings (SSSR count). The zero-order valence-corrected chi connectivity index (χ0v) is 11.8. The second-order valence-electron chi connectivity index (χ2n) is 4.42. The Labute approximate surface area is 108 Å². The Morgan fingerprint density at radius 3 is 2.11 bits per heavy atom.